The molecule has 0 aliphatic carbocycles. The summed E-state index contributed by atoms with van der Waals surface area (Å²) < 4.78 is 4.91. The summed E-state index contributed by atoms with van der Waals surface area (Å²) in [6.45, 7) is 1.84. The fourth-order valence-electron chi connectivity index (χ4n) is 1.10. The van der Waals surface area contributed by atoms with Crippen molar-refractivity contribution in [2.24, 2.45) is 0 Å². The lowest BCUT2D eigenvalue weighted by Gasteiger charge is -2.06. The third-order valence-electron chi connectivity index (χ3n) is 1.83. The molecule has 2 rings (SSSR count). The lowest BCUT2D eigenvalue weighted by Crippen LogP contribution is -1.95. The largest absolute Gasteiger partial charge is 0.372 e. The number of nitrogens with one attached hydrogen (secondary N) is 1. The van der Waals surface area contributed by atoms with E-state index in [4.69, 9.17) is 23.2 Å². The first kappa shape index (κ1) is 12.9. The lowest BCUT2D eigenvalue weighted by atomic mass is 10.4. The Balaban J connectivity index is 2.32. The van der Waals surface area contributed by atoms with E-state index in [1.54, 1.807) is 13.1 Å². The smallest absolute Gasteiger partial charge is 0.176 e. The number of halogens is 2. The summed E-state index contributed by atoms with van der Waals surface area (Å²) in [5.74, 6) is 1.34. The number of anilines is 1. The van der Waals surface area contributed by atoms with Gasteiger partial charge >= 0.3 is 0 Å². The summed E-state index contributed by atoms with van der Waals surface area (Å²) in [4.78, 5) is 8.57. The molecular weight excluding hydrogens is 299 g/mol. The minimum atomic E-state index is 0.496. The number of nitrogens with zero attached hydrogens (tertiary/aromatic N) is 3. The van der Waals surface area contributed by atoms with Crippen LogP contribution in [0.3, 0.4) is 0 Å². The quantitative estimate of drug-likeness (QED) is 0.936. The molecule has 0 spiro atoms. The first-order valence-corrected chi connectivity index (χ1v) is 6.96. The van der Waals surface area contributed by atoms with Gasteiger partial charge in [0.05, 0.1) is 10.0 Å². The lowest BCUT2D eigenvalue weighted by molar-refractivity contribution is 1.08. The van der Waals surface area contributed by atoms with Gasteiger partial charge in [0.15, 0.2) is 4.34 Å². The van der Waals surface area contributed by atoms with Crippen molar-refractivity contribution in [3.05, 3.63) is 21.9 Å². The van der Waals surface area contributed by atoms with Crippen LogP contribution in [0.5, 0.6) is 0 Å². The Hall–Kier alpha value is -0.560. The van der Waals surface area contributed by atoms with E-state index in [-0.39, 0.29) is 0 Å². The number of pyridine rings is 1. The standard InChI is InChI=1S/C9H8Cl2N4S2/c1-4-13-9(17-15-4)16-8-6(11)3-5(10)7(12-2)14-8/h3H,1-2H3,(H,12,14). The van der Waals surface area contributed by atoms with Gasteiger partial charge in [0.25, 0.3) is 0 Å². The summed E-state index contributed by atoms with van der Waals surface area (Å²) in [6, 6.07) is 1.66. The predicted octanol–water partition coefficient (Wildman–Crippen LogP) is 3.74. The summed E-state index contributed by atoms with van der Waals surface area (Å²) >= 11 is 14.7. The van der Waals surface area contributed by atoms with Gasteiger partial charge in [0.2, 0.25) is 0 Å². The molecule has 0 bridgehead atoms. The van der Waals surface area contributed by atoms with Gasteiger partial charge in [0.1, 0.15) is 16.7 Å². The van der Waals surface area contributed by atoms with Gasteiger partial charge in [-0.3, -0.25) is 0 Å². The van der Waals surface area contributed by atoms with Crippen LogP contribution in [-0.4, -0.2) is 21.4 Å². The van der Waals surface area contributed by atoms with Gasteiger partial charge in [-0.15, -0.1) is 0 Å². The second kappa shape index (κ2) is 5.39. The minimum Gasteiger partial charge on any atom is -0.372 e. The topological polar surface area (TPSA) is 50.7 Å². The number of aryl methyl sites for hydroxylation is 1. The summed E-state index contributed by atoms with van der Waals surface area (Å²) in [6.07, 6.45) is 0. The van der Waals surface area contributed by atoms with Gasteiger partial charge in [-0.05, 0) is 36.3 Å². The van der Waals surface area contributed by atoms with Crippen LogP contribution >= 0.6 is 46.5 Å². The molecule has 90 valence electrons. The number of hydrogen-bond acceptors (Lipinski definition) is 6. The third-order valence-corrected chi connectivity index (χ3v) is 4.36. The fourth-order valence-corrected chi connectivity index (χ4v) is 3.23. The molecule has 0 unspecified atom stereocenters. The average molecular weight is 307 g/mol. The highest BCUT2D eigenvalue weighted by molar-refractivity contribution is 8.01. The molecule has 0 aliphatic rings. The molecule has 0 atom stereocenters. The Morgan fingerprint density at radius 3 is 2.65 bits per heavy atom. The van der Waals surface area contributed by atoms with Crippen LogP contribution in [0.25, 0.3) is 0 Å². The van der Waals surface area contributed by atoms with Crippen molar-refractivity contribution in [3.63, 3.8) is 0 Å². The van der Waals surface area contributed by atoms with Gasteiger partial charge in [-0.2, -0.15) is 4.37 Å². The van der Waals surface area contributed by atoms with E-state index in [0.29, 0.717) is 20.9 Å². The van der Waals surface area contributed by atoms with Gasteiger partial charge in [0, 0.05) is 7.05 Å². The maximum Gasteiger partial charge on any atom is 0.176 e. The van der Waals surface area contributed by atoms with Crippen molar-refractivity contribution in [3.8, 4) is 0 Å². The molecular formula is C9H8Cl2N4S2. The van der Waals surface area contributed by atoms with Crippen LogP contribution < -0.4 is 5.32 Å². The molecule has 1 N–H and O–H groups in total. The Morgan fingerprint density at radius 2 is 2.06 bits per heavy atom. The number of hydrogen-bond donors (Lipinski definition) is 1. The van der Waals surface area contributed by atoms with Crippen LogP contribution in [0.1, 0.15) is 5.82 Å². The first-order chi connectivity index (χ1) is 8.10. The highest BCUT2D eigenvalue weighted by Crippen LogP contribution is 2.36. The SMILES string of the molecule is CNc1nc(Sc2nc(C)ns2)c(Cl)cc1Cl. The molecule has 0 aliphatic heterocycles. The van der Waals surface area contributed by atoms with Crippen LogP contribution in [-0.2, 0) is 0 Å². The van der Waals surface area contributed by atoms with Crippen LogP contribution in [0, 0.1) is 6.92 Å². The van der Waals surface area contributed by atoms with E-state index in [2.05, 4.69) is 19.7 Å². The Bertz CT molecular complexity index is 544. The zero-order valence-corrected chi connectivity index (χ0v) is 12.1. The Labute approximate surface area is 117 Å². The van der Waals surface area contributed by atoms with E-state index >= 15 is 0 Å². The maximum absolute atomic E-state index is 6.08. The molecule has 0 saturated carbocycles. The molecule has 4 nitrogen and oxygen atoms in total. The van der Waals surface area contributed by atoms with E-state index in [0.717, 1.165) is 10.2 Å². The monoisotopic (exact) mass is 306 g/mol. The summed E-state index contributed by atoms with van der Waals surface area (Å²) in [5.41, 5.74) is 0. The molecule has 0 fully saturated rings. The summed E-state index contributed by atoms with van der Waals surface area (Å²) in [7, 11) is 1.76. The summed E-state index contributed by atoms with van der Waals surface area (Å²) in [5, 5.41) is 4.57. The normalized spacial score (nSPS) is 10.6. The Morgan fingerprint density at radius 1 is 1.29 bits per heavy atom. The first-order valence-electron chi connectivity index (χ1n) is 4.62. The van der Waals surface area contributed by atoms with Crippen molar-refractivity contribution in [2.75, 3.05) is 12.4 Å². The van der Waals surface area contributed by atoms with Crippen LogP contribution in [0.15, 0.2) is 15.4 Å². The third kappa shape index (κ3) is 3.01. The zero-order chi connectivity index (χ0) is 12.4. The van der Waals surface area contributed by atoms with Crippen LogP contribution in [0.4, 0.5) is 5.82 Å². The van der Waals surface area contributed by atoms with Gasteiger partial charge in [-0.1, -0.05) is 23.2 Å². The number of rotatable bonds is 3. The molecule has 2 heterocycles. The molecule has 0 saturated heterocycles. The van der Waals surface area contributed by atoms with Crippen molar-refractivity contribution < 1.29 is 0 Å². The van der Waals surface area contributed by atoms with Gasteiger partial charge in [-0.25, -0.2) is 9.97 Å². The molecule has 17 heavy (non-hydrogen) atoms. The second-order valence-electron chi connectivity index (χ2n) is 3.07. The molecule has 0 aromatic carbocycles. The molecule has 8 heteroatoms. The highest BCUT2D eigenvalue weighted by Gasteiger charge is 2.12. The van der Waals surface area contributed by atoms with Crippen molar-refractivity contribution in [1.82, 2.24) is 14.3 Å². The van der Waals surface area contributed by atoms with E-state index in [1.165, 1.54) is 23.3 Å². The second-order valence-corrected chi connectivity index (χ2v) is 5.87. The van der Waals surface area contributed by atoms with E-state index in [1.807, 2.05) is 6.92 Å². The van der Waals surface area contributed by atoms with Crippen LogP contribution in [0.2, 0.25) is 10.0 Å². The molecule has 2 aromatic rings. The van der Waals surface area contributed by atoms with Crippen molar-refractivity contribution >= 4 is 52.3 Å². The maximum atomic E-state index is 6.08. The highest BCUT2D eigenvalue weighted by atomic mass is 35.5. The number of aromatic nitrogens is 3. The van der Waals surface area contributed by atoms with Crippen molar-refractivity contribution in [1.29, 1.82) is 0 Å². The van der Waals surface area contributed by atoms with E-state index < -0.39 is 0 Å². The molecule has 0 amide bonds. The van der Waals surface area contributed by atoms with Gasteiger partial charge < -0.3 is 5.32 Å². The molecule has 2 aromatic heterocycles. The zero-order valence-electron chi connectivity index (χ0n) is 8.99. The molecule has 0 radical (unpaired) electrons. The van der Waals surface area contributed by atoms with E-state index in [9.17, 15) is 0 Å². The minimum absolute atomic E-state index is 0.496. The predicted molar refractivity (Wildman–Crippen MR) is 72.6 cm³/mol. The average Bonchev–Trinajstić information content (AvgIpc) is 2.68. The van der Waals surface area contributed by atoms with Crippen molar-refractivity contribution in [2.45, 2.75) is 16.3 Å². The Kier molecular flexibility index (Phi) is 4.09. The fraction of sp³-hybridized carbons (Fsp3) is 0.222.